The van der Waals surface area contributed by atoms with Crippen LogP contribution in [0.15, 0.2) is 79.0 Å². The summed E-state index contributed by atoms with van der Waals surface area (Å²) in [5.74, 6) is 0.484. The minimum atomic E-state index is -0.0566. The Kier molecular flexibility index (Phi) is 6.67. The van der Waals surface area contributed by atoms with E-state index in [0.29, 0.717) is 5.92 Å². The van der Waals surface area contributed by atoms with Crippen LogP contribution in [-0.4, -0.2) is 14.7 Å². The van der Waals surface area contributed by atoms with E-state index in [2.05, 4.69) is 110 Å². The third kappa shape index (κ3) is 4.22. The zero-order valence-electron chi connectivity index (χ0n) is 21.7. The van der Waals surface area contributed by atoms with Gasteiger partial charge in [-0.3, -0.25) is 4.98 Å². The Labute approximate surface area is 220 Å². The lowest BCUT2D eigenvalue weighted by atomic mass is 9.96. The molecule has 36 heavy (non-hydrogen) atoms. The van der Waals surface area contributed by atoms with Gasteiger partial charge in [-0.1, -0.05) is 57.2 Å². The molecule has 2 aromatic carbocycles. The number of hydrogen-bond donors (Lipinski definition) is 1. The van der Waals surface area contributed by atoms with E-state index in [1.165, 1.54) is 33.8 Å². The van der Waals surface area contributed by atoms with E-state index in [1.807, 2.05) is 18.3 Å². The van der Waals surface area contributed by atoms with Crippen LogP contribution in [-0.2, 0) is 6.42 Å². The summed E-state index contributed by atoms with van der Waals surface area (Å²) in [7, 11) is 0. The molecule has 1 aliphatic rings. The van der Waals surface area contributed by atoms with E-state index in [0.717, 1.165) is 22.9 Å². The van der Waals surface area contributed by atoms with Gasteiger partial charge in [0.1, 0.15) is 0 Å². The molecule has 0 spiro atoms. The monoisotopic (exact) mass is 494 g/mol. The van der Waals surface area contributed by atoms with Crippen LogP contribution in [0.5, 0.6) is 0 Å². The van der Waals surface area contributed by atoms with Gasteiger partial charge in [0.15, 0.2) is 5.11 Å². The van der Waals surface area contributed by atoms with Crippen molar-refractivity contribution in [1.29, 1.82) is 0 Å². The Morgan fingerprint density at radius 2 is 1.69 bits per heavy atom. The summed E-state index contributed by atoms with van der Waals surface area (Å²) in [5.41, 5.74) is 9.71. The van der Waals surface area contributed by atoms with Gasteiger partial charge in [0.05, 0.1) is 17.8 Å². The fourth-order valence-corrected chi connectivity index (χ4v) is 5.80. The summed E-state index contributed by atoms with van der Waals surface area (Å²) in [5, 5.41) is 4.34. The molecule has 3 heterocycles. The number of anilines is 1. The van der Waals surface area contributed by atoms with Gasteiger partial charge in [-0.25, -0.2) is 0 Å². The zero-order chi connectivity index (χ0) is 25.4. The first-order valence-electron chi connectivity index (χ1n) is 12.8. The van der Waals surface area contributed by atoms with Crippen LogP contribution >= 0.6 is 12.2 Å². The van der Waals surface area contributed by atoms with Crippen molar-refractivity contribution in [2.45, 2.75) is 59.0 Å². The molecule has 2 aromatic heterocycles. The molecule has 1 N–H and O–H groups in total. The molecule has 184 valence electrons. The maximum Gasteiger partial charge on any atom is 0.174 e. The quantitative estimate of drug-likeness (QED) is 0.284. The number of thiocarbonyl (C=S) groups is 1. The fourth-order valence-electron chi connectivity index (χ4n) is 5.45. The second kappa shape index (κ2) is 9.90. The zero-order valence-corrected chi connectivity index (χ0v) is 22.5. The third-order valence-corrected chi connectivity index (χ3v) is 7.65. The molecule has 5 rings (SSSR count). The summed E-state index contributed by atoms with van der Waals surface area (Å²) < 4.78 is 2.39. The van der Waals surface area contributed by atoms with Gasteiger partial charge < -0.3 is 14.8 Å². The number of aryl methyl sites for hydroxylation is 2. The molecule has 2 atom stereocenters. The first-order chi connectivity index (χ1) is 17.4. The van der Waals surface area contributed by atoms with E-state index in [9.17, 15) is 0 Å². The number of nitrogens with zero attached hydrogens (tertiary/aromatic N) is 3. The van der Waals surface area contributed by atoms with Crippen molar-refractivity contribution in [3.8, 4) is 5.69 Å². The van der Waals surface area contributed by atoms with Crippen LogP contribution in [0.4, 0.5) is 5.69 Å². The largest absolute Gasteiger partial charge is 0.351 e. The van der Waals surface area contributed by atoms with Gasteiger partial charge in [0.2, 0.25) is 0 Å². The molecule has 0 bridgehead atoms. The fraction of sp³-hybridized carbons (Fsp3) is 0.290. The molecule has 1 fully saturated rings. The molecular formula is C31H34N4S. The normalized spacial score (nSPS) is 17.6. The highest BCUT2D eigenvalue weighted by atomic mass is 32.1. The number of aromatic nitrogens is 2. The third-order valence-electron chi connectivity index (χ3n) is 7.34. The van der Waals surface area contributed by atoms with Crippen molar-refractivity contribution in [2.24, 2.45) is 0 Å². The van der Waals surface area contributed by atoms with Gasteiger partial charge in [0, 0.05) is 29.0 Å². The van der Waals surface area contributed by atoms with E-state index in [-0.39, 0.29) is 12.1 Å². The van der Waals surface area contributed by atoms with Crippen LogP contribution < -0.4 is 10.2 Å². The number of para-hydroxylation sites is 1. The highest BCUT2D eigenvalue weighted by Gasteiger charge is 2.42. The average molecular weight is 495 g/mol. The highest BCUT2D eigenvalue weighted by molar-refractivity contribution is 7.80. The number of rotatable bonds is 6. The summed E-state index contributed by atoms with van der Waals surface area (Å²) >= 11 is 5.96. The molecule has 0 radical (unpaired) electrons. The van der Waals surface area contributed by atoms with Crippen LogP contribution in [0.3, 0.4) is 0 Å². The molecular weight excluding hydrogens is 460 g/mol. The molecule has 0 saturated carbocycles. The number of hydrogen-bond acceptors (Lipinski definition) is 2. The lowest BCUT2D eigenvalue weighted by Gasteiger charge is -2.28. The van der Waals surface area contributed by atoms with Crippen molar-refractivity contribution >= 4 is 23.0 Å². The Morgan fingerprint density at radius 3 is 2.36 bits per heavy atom. The Morgan fingerprint density at radius 1 is 0.972 bits per heavy atom. The minimum absolute atomic E-state index is 0.0222. The Hall–Kier alpha value is -3.44. The van der Waals surface area contributed by atoms with E-state index in [1.54, 1.807) is 0 Å². The van der Waals surface area contributed by atoms with Crippen LogP contribution in [0.2, 0.25) is 0 Å². The van der Waals surface area contributed by atoms with E-state index in [4.69, 9.17) is 17.2 Å². The van der Waals surface area contributed by atoms with Crippen LogP contribution in [0, 0.1) is 13.8 Å². The van der Waals surface area contributed by atoms with Gasteiger partial charge >= 0.3 is 0 Å². The van der Waals surface area contributed by atoms with Crippen LogP contribution in [0.1, 0.15) is 72.5 Å². The first kappa shape index (κ1) is 24.3. The maximum atomic E-state index is 5.96. The first-order valence-corrected chi connectivity index (χ1v) is 13.2. The molecule has 0 unspecified atom stereocenters. The molecule has 0 aliphatic carbocycles. The van der Waals surface area contributed by atoms with E-state index >= 15 is 0 Å². The second-order valence-electron chi connectivity index (χ2n) is 9.89. The van der Waals surface area contributed by atoms with Crippen molar-refractivity contribution in [1.82, 2.24) is 14.9 Å². The predicted octanol–water partition coefficient (Wildman–Crippen LogP) is 7.35. The standard InChI is InChI=1S/C31H34N4S/c1-6-23-11-7-8-13-28(23)34-21(4)19-26(22(34)5)30-29(27-12-9-10-18-32-27)33-31(36)35(30)25-16-14-24(15-17-25)20(2)3/h7-20,29-30H,6H2,1-5H3,(H,33,36)/t29-,30-/m0/s1. The molecule has 5 heteroatoms. The topological polar surface area (TPSA) is 33.1 Å². The van der Waals surface area contributed by atoms with Gasteiger partial charge in [-0.15, -0.1) is 0 Å². The minimum Gasteiger partial charge on any atom is -0.351 e. The number of pyridine rings is 1. The number of benzene rings is 2. The summed E-state index contributed by atoms with van der Waals surface area (Å²) in [6.07, 6.45) is 2.85. The van der Waals surface area contributed by atoms with E-state index < -0.39 is 0 Å². The second-order valence-corrected chi connectivity index (χ2v) is 10.3. The lowest BCUT2D eigenvalue weighted by Crippen LogP contribution is -2.29. The number of nitrogens with one attached hydrogen (secondary N) is 1. The van der Waals surface area contributed by atoms with Crippen LogP contribution in [0.25, 0.3) is 5.69 Å². The molecule has 1 aliphatic heterocycles. The summed E-state index contributed by atoms with van der Waals surface area (Å²) in [6.45, 7) is 11.1. The van der Waals surface area contributed by atoms with Crippen molar-refractivity contribution in [3.05, 3.63) is 113 Å². The Balaban J connectivity index is 1.67. The Bertz CT molecular complexity index is 1370. The predicted molar refractivity (Wildman–Crippen MR) is 153 cm³/mol. The molecule has 4 aromatic rings. The van der Waals surface area contributed by atoms with Crippen molar-refractivity contribution in [2.75, 3.05) is 4.90 Å². The maximum absolute atomic E-state index is 5.96. The van der Waals surface area contributed by atoms with Crippen molar-refractivity contribution < 1.29 is 0 Å². The summed E-state index contributed by atoms with van der Waals surface area (Å²) in [6, 6.07) is 25.9. The molecule has 1 saturated heterocycles. The smallest absolute Gasteiger partial charge is 0.174 e. The molecule has 0 amide bonds. The highest BCUT2D eigenvalue weighted by Crippen LogP contribution is 2.44. The SMILES string of the molecule is CCc1ccccc1-n1c(C)cc([C@H]2[C@H](c3ccccn3)NC(=S)N2c2ccc(C(C)C)cc2)c1C. The average Bonchev–Trinajstić information content (AvgIpc) is 3.39. The lowest BCUT2D eigenvalue weighted by molar-refractivity contribution is 0.565. The summed E-state index contributed by atoms with van der Waals surface area (Å²) in [4.78, 5) is 7.00. The van der Waals surface area contributed by atoms with Gasteiger partial charge in [0.25, 0.3) is 0 Å². The van der Waals surface area contributed by atoms with Gasteiger partial charge in [-0.05, 0) is 91.5 Å². The van der Waals surface area contributed by atoms with Crippen molar-refractivity contribution in [3.63, 3.8) is 0 Å². The van der Waals surface area contributed by atoms with Gasteiger partial charge in [-0.2, -0.15) is 0 Å². The molecule has 4 nitrogen and oxygen atoms in total.